The molecular formula is C21H30O3. The molecule has 0 N–H and O–H groups in total. The van der Waals surface area contributed by atoms with Gasteiger partial charge in [-0.05, 0) is 35.4 Å². The molecule has 0 aliphatic rings. The number of benzene rings is 1. The minimum absolute atomic E-state index is 0.0628. The summed E-state index contributed by atoms with van der Waals surface area (Å²) < 4.78 is 10.8. The van der Waals surface area contributed by atoms with Crippen molar-refractivity contribution in [1.29, 1.82) is 0 Å². The SMILES string of the molecule is COc1ccc(C=CC=CC(=O)OC(CC(C)C)C(C)(C)C)cc1. The van der Waals surface area contributed by atoms with Gasteiger partial charge in [-0.25, -0.2) is 4.79 Å². The monoisotopic (exact) mass is 330 g/mol. The highest BCUT2D eigenvalue weighted by Gasteiger charge is 2.28. The minimum atomic E-state index is -0.296. The lowest BCUT2D eigenvalue weighted by Crippen LogP contribution is -2.32. The van der Waals surface area contributed by atoms with Gasteiger partial charge < -0.3 is 9.47 Å². The number of allylic oxidation sites excluding steroid dienone is 2. The largest absolute Gasteiger partial charge is 0.497 e. The second-order valence-corrected chi connectivity index (χ2v) is 7.41. The highest BCUT2D eigenvalue weighted by molar-refractivity contribution is 5.82. The molecule has 1 rings (SSSR count). The van der Waals surface area contributed by atoms with E-state index >= 15 is 0 Å². The first kappa shape index (κ1) is 20.0. The lowest BCUT2D eigenvalue weighted by molar-refractivity contribution is -0.149. The molecule has 0 radical (unpaired) electrons. The molecule has 3 heteroatoms. The average Bonchev–Trinajstić information content (AvgIpc) is 2.50. The van der Waals surface area contributed by atoms with Crippen molar-refractivity contribution < 1.29 is 14.3 Å². The zero-order chi connectivity index (χ0) is 18.2. The summed E-state index contributed by atoms with van der Waals surface area (Å²) in [4.78, 5) is 12.0. The van der Waals surface area contributed by atoms with Crippen LogP contribution in [0.2, 0.25) is 0 Å². The van der Waals surface area contributed by atoms with E-state index < -0.39 is 0 Å². The third kappa shape index (κ3) is 7.49. The summed E-state index contributed by atoms with van der Waals surface area (Å²) in [5, 5.41) is 0. The minimum Gasteiger partial charge on any atom is -0.497 e. The highest BCUT2D eigenvalue weighted by Crippen LogP contribution is 2.27. The van der Waals surface area contributed by atoms with Gasteiger partial charge in [0.05, 0.1) is 7.11 Å². The maximum Gasteiger partial charge on any atom is 0.331 e. The van der Waals surface area contributed by atoms with Crippen LogP contribution >= 0.6 is 0 Å². The summed E-state index contributed by atoms with van der Waals surface area (Å²) in [5.41, 5.74) is 0.980. The van der Waals surface area contributed by atoms with E-state index in [9.17, 15) is 4.79 Å². The van der Waals surface area contributed by atoms with Gasteiger partial charge in [0.2, 0.25) is 0 Å². The molecule has 24 heavy (non-hydrogen) atoms. The Morgan fingerprint density at radius 2 is 1.75 bits per heavy atom. The van der Waals surface area contributed by atoms with Crippen LogP contribution in [0.3, 0.4) is 0 Å². The second-order valence-electron chi connectivity index (χ2n) is 7.41. The molecule has 0 heterocycles. The molecule has 1 aromatic rings. The van der Waals surface area contributed by atoms with E-state index in [0.717, 1.165) is 17.7 Å². The number of carbonyl (C=O) groups is 1. The summed E-state index contributed by atoms with van der Waals surface area (Å²) in [7, 11) is 1.64. The predicted octanol–water partition coefficient (Wildman–Crippen LogP) is 5.27. The average molecular weight is 330 g/mol. The Bertz CT molecular complexity index is 560. The van der Waals surface area contributed by atoms with E-state index in [1.54, 1.807) is 13.2 Å². The van der Waals surface area contributed by atoms with Gasteiger partial charge in [-0.1, -0.05) is 65.0 Å². The van der Waals surface area contributed by atoms with E-state index in [4.69, 9.17) is 9.47 Å². The van der Waals surface area contributed by atoms with Crippen molar-refractivity contribution in [3.8, 4) is 5.75 Å². The molecule has 0 saturated heterocycles. The van der Waals surface area contributed by atoms with Gasteiger partial charge in [0, 0.05) is 6.08 Å². The number of hydrogen-bond acceptors (Lipinski definition) is 3. The van der Waals surface area contributed by atoms with Crippen LogP contribution in [0.1, 0.15) is 46.6 Å². The molecule has 1 unspecified atom stereocenters. The number of ether oxygens (including phenoxy) is 2. The number of hydrogen-bond donors (Lipinski definition) is 0. The van der Waals surface area contributed by atoms with Crippen LogP contribution in [0, 0.1) is 11.3 Å². The van der Waals surface area contributed by atoms with E-state index in [-0.39, 0.29) is 17.5 Å². The van der Waals surface area contributed by atoms with E-state index in [2.05, 4.69) is 34.6 Å². The maximum atomic E-state index is 12.0. The molecule has 1 aromatic carbocycles. The molecule has 132 valence electrons. The fourth-order valence-corrected chi connectivity index (χ4v) is 2.20. The van der Waals surface area contributed by atoms with Gasteiger partial charge in [-0.15, -0.1) is 0 Å². The molecule has 0 fully saturated rings. The van der Waals surface area contributed by atoms with Crippen molar-refractivity contribution in [2.24, 2.45) is 11.3 Å². The van der Waals surface area contributed by atoms with Gasteiger partial charge >= 0.3 is 5.97 Å². The normalized spacial score (nSPS) is 13.6. The van der Waals surface area contributed by atoms with Crippen molar-refractivity contribution in [2.75, 3.05) is 7.11 Å². The Morgan fingerprint density at radius 1 is 1.12 bits per heavy atom. The van der Waals surface area contributed by atoms with Gasteiger partial charge in [-0.3, -0.25) is 0 Å². The molecule has 0 aromatic heterocycles. The first-order valence-corrected chi connectivity index (χ1v) is 8.41. The quantitative estimate of drug-likeness (QED) is 0.388. The molecule has 0 spiro atoms. The first-order valence-electron chi connectivity index (χ1n) is 8.41. The summed E-state index contributed by atoms with van der Waals surface area (Å²) in [6.45, 7) is 10.6. The lowest BCUT2D eigenvalue weighted by atomic mass is 9.84. The molecule has 0 amide bonds. The predicted molar refractivity (Wildman–Crippen MR) is 100.0 cm³/mol. The molecule has 0 bridgehead atoms. The van der Waals surface area contributed by atoms with Crippen LogP contribution in [0.4, 0.5) is 0 Å². The Balaban J connectivity index is 2.58. The zero-order valence-corrected chi connectivity index (χ0v) is 15.7. The third-order valence-electron chi connectivity index (χ3n) is 3.66. The first-order chi connectivity index (χ1) is 11.2. The van der Waals surface area contributed by atoms with Crippen molar-refractivity contribution in [1.82, 2.24) is 0 Å². The van der Waals surface area contributed by atoms with Crippen molar-refractivity contribution in [3.63, 3.8) is 0 Å². The fraction of sp³-hybridized carbons (Fsp3) is 0.476. The number of methoxy groups -OCH3 is 1. The summed E-state index contributed by atoms with van der Waals surface area (Å²) in [6, 6.07) is 7.72. The molecule has 0 aliphatic carbocycles. The topological polar surface area (TPSA) is 35.5 Å². The smallest absolute Gasteiger partial charge is 0.331 e. The Morgan fingerprint density at radius 3 is 2.25 bits per heavy atom. The van der Waals surface area contributed by atoms with Gasteiger partial charge in [-0.2, -0.15) is 0 Å². The Hall–Kier alpha value is -2.03. The van der Waals surface area contributed by atoms with Crippen molar-refractivity contribution in [3.05, 3.63) is 48.1 Å². The van der Waals surface area contributed by atoms with Crippen LogP contribution < -0.4 is 4.74 Å². The van der Waals surface area contributed by atoms with Gasteiger partial charge in [0.15, 0.2) is 0 Å². The van der Waals surface area contributed by atoms with Crippen LogP contribution in [-0.4, -0.2) is 19.2 Å². The van der Waals surface area contributed by atoms with E-state index in [0.29, 0.717) is 5.92 Å². The van der Waals surface area contributed by atoms with Crippen LogP contribution in [-0.2, 0) is 9.53 Å². The Labute approximate surface area is 146 Å². The van der Waals surface area contributed by atoms with Crippen LogP contribution in [0.5, 0.6) is 5.75 Å². The maximum absolute atomic E-state index is 12.0. The third-order valence-corrected chi connectivity index (χ3v) is 3.66. The van der Waals surface area contributed by atoms with Crippen molar-refractivity contribution in [2.45, 2.75) is 47.1 Å². The number of rotatable bonds is 7. The molecule has 1 atom stereocenters. The van der Waals surface area contributed by atoms with Gasteiger partial charge in [0.25, 0.3) is 0 Å². The molecular weight excluding hydrogens is 300 g/mol. The summed E-state index contributed by atoms with van der Waals surface area (Å²) in [5.74, 6) is 1.01. The molecule has 0 saturated carbocycles. The lowest BCUT2D eigenvalue weighted by Gasteiger charge is -2.31. The second kappa shape index (κ2) is 9.31. The van der Waals surface area contributed by atoms with E-state index in [1.165, 1.54) is 6.08 Å². The summed E-state index contributed by atoms with van der Waals surface area (Å²) in [6.07, 6.45) is 7.72. The van der Waals surface area contributed by atoms with Crippen LogP contribution in [0.25, 0.3) is 6.08 Å². The number of carbonyl (C=O) groups excluding carboxylic acids is 1. The highest BCUT2D eigenvalue weighted by atomic mass is 16.5. The fourth-order valence-electron chi connectivity index (χ4n) is 2.20. The number of esters is 1. The van der Waals surface area contributed by atoms with Crippen molar-refractivity contribution >= 4 is 12.0 Å². The standard InChI is InChI=1S/C21H30O3/c1-16(2)15-19(21(3,4)5)24-20(22)10-8-7-9-17-11-13-18(23-6)14-12-17/h7-14,16,19H,15H2,1-6H3. The van der Waals surface area contributed by atoms with Gasteiger partial charge in [0.1, 0.15) is 11.9 Å². The zero-order valence-electron chi connectivity index (χ0n) is 15.7. The molecule has 0 aliphatic heterocycles. The Kier molecular flexibility index (Phi) is 7.76. The summed E-state index contributed by atoms with van der Waals surface area (Å²) >= 11 is 0. The van der Waals surface area contributed by atoms with Crippen LogP contribution in [0.15, 0.2) is 42.5 Å². The molecule has 3 nitrogen and oxygen atoms in total. The van der Waals surface area contributed by atoms with E-state index in [1.807, 2.05) is 36.4 Å².